The first-order valence-electron chi connectivity index (χ1n) is 2.78. The van der Waals surface area contributed by atoms with E-state index < -0.39 is 18.5 Å². The molecule has 0 fully saturated rings. The van der Waals surface area contributed by atoms with Gasteiger partial charge in [-0.1, -0.05) is 6.92 Å². The zero-order chi connectivity index (χ0) is 9.07. The molecule has 0 unspecified atom stereocenters. The van der Waals surface area contributed by atoms with Crippen LogP contribution in [0.2, 0.25) is 0 Å². The lowest BCUT2D eigenvalue weighted by Crippen LogP contribution is -2.32. The van der Waals surface area contributed by atoms with Gasteiger partial charge in [0.1, 0.15) is 0 Å². The fourth-order valence-corrected chi connectivity index (χ4v) is 0.268. The average Bonchev–Trinajstić information content (AvgIpc) is 1.86. The molecule has 0 aliphatic rings. The Kier molecular flexibility index (Phi) is 3.28. The van der Waals surface area contributed by atoms with Gasteiger partial charge in [0.05, 0.1) is 0 Å². The van der Waals surface area contributed by atoms with Crippen LogP contribution in [0.5, 0.6) is 0 Å². The molecule has 2 nitrogen and oxygen atoms in total. The number of halogens is 4. The van der Waals surface area contributed by atoms with Crippen molar-refractivity contribution in [3.8, 4) is 0 Å². The number of ether oxygens (including phenoxy) is 1. The molecule has 0 aromatic heterocycles. The second-order valence-corrected chi connectivity index (χ2v) is 1.69. The van der Waals surface area contributed by atoms with Crippen LogP contribution >= 0.6 is 0 Å². The van der Waals surface area contributed by atoms with Crippen molar-refractivity contribution < 1.29 is 27.1 Å². The summed E-state index contributed by atoms with van der Waals surface area (Å²) in [5.74, 6) is -1.35. The number of carbonyl (C=O) groups is 1. The number of carbonyl (C=O) groups excluding carboxylic acids is 1. The molecule has 0 heterocycles. The minimum atomic E-state index is -4.66. The Hall–Kier alpha value is -0.810. The number of rotatable bonds is 3. The van der Waals surface area contributed by atoms with Gasteiger partial charge >= 0.3 is 18.5 Å². The zero-order valence-electron chi connectivity index (χ0n) is 5.61. The minimum Gasteiger partial charge on any atom is -0.396 e. The van der Waals surface area contributed by atoms with Crippen molar-refractivity contribution in [1.29, 1.82) is 0 Å². The number of hydrogen-bond donors (Lipinski definition) is 0. The van der Waals surface area contributed by atoms with Crippen LogP contribution in [0.25, 0.3) is 0 Å². The zero-order valence-corrected chi connectivity index (χ0v) is 5.61. The highest BCUT2D eigenvalue weighted by Gasteiger charge is 2.45. The summed E-state index contributed by atoms with van der Waals surface area (Å²) in [5, 5.41) is 0. The summed E-state index contributed by atoms with van der Waals surface area (Å²) in [4.78, 5) is 10.1. The highest BCUT2D eigenvalue weighted by molar-refractivity contribution is 5.69. The molecule has 6 heteroatoms. The molecule has 0 aliphatic heterocycles. The molecule has 0 amide bonds. The van der Waals surface area contributed by atoms with Gasteiger partial charge in [-0.05, 0) is 0 Å². The highest BCUT2D eigenvalue weighted by atomic mass is 19.3. The third-order valence-electron chi connectivity index (χ3n) is 0.793. The standard InChI is InChI=1S/C5H6F4O2/c1-2-3(10)11-5(8,9)4(6)7/h4H,2H2,1H3. The van der Waals surface area contributed by atoms with E-state index in [-0.39, 0.29) is 6.42 Å². The quantitative estimate of drug-likeness (QED) is 0.481. The Morgan fingerprint density at radius 2 is 2.00 bits per heavy atom. The van der Waals surface area contributed by atoms with Gasteiger partial charge in [-0.25, -0.2) is 0 Å². The molecule has 0 rings (SSSR count). The molecule has 0 aromatic carbocycles. The van der Waals surface area contributed by atoms with Crippen LogP contribution in [0.1, 0.15) is 13.3 Å². The summed E-state index contributed by atoms with van der Waals surface area (Å²) in [6.07, 6.45) is -8.99. The molecule has 0 aliphatic carbocycles. The Balaban J connectivity index is 4.01. The summed E-state index contributed by atoms with van der Waals surface area (Å²) < 4.78 is 49.3. The maximum absolute atomic E-state index is 11.8. The van der Waals surface area contributed by atoms with Crippen LogP contribution < -0.4 is 0 Å². The van der Waals surface area contributed by atoms with E-state index in [9.17, 15) is 22.4 Å². The molecular weight excluding hydrogens is 168 g/mol. The second kappa shape index (κ2) is 3.54. The molecular formula is C5H6F4O2. The maximum atomic E-state index is 11.8. The smallest absolute Gasteiger partial charge is 0.396 e. The molecule has 0 bridgehead atoms. The first-order chi connectivity index (χ1) is 4.90. The monoisotopic (exact) mass is 174 g/mol. The van der Waals surface area contributed by atoms with Crippen molar-refractivity contribution in [3.05, 3.63) is 0 Å². The van der Waals surface area contributed by atoms with Gasteiger partial charge in [-0.2, -0.15) is 17.6 Å². The van der Waals surface area contributed by atoms with Crippen LogP contribution in [0, 0.1) is 0 Å². The van der Waals surface area contributed by atoms with E-state index in [4.69, 9.17) is 0 Å². The minimum absolute atomic E-state index is 0.359. The number of alkyl halides is 4. The van der Waals surface area contributed by atoms with Crippen molar-refractivity contribution in [2.75, 3.05) is 0 Å². The van der Waals surface area contributed by atoms with Crippen LogP contribution in [-0.2, 0) is 9.53 Å². The predicted octanol–water partition coefficient (Wildman–Crippen LogP) is 1.80. The van der Waals surface area contributed by atoms with Gasteiger partial charge in [0.2, 0.25) is 0 Å². The fourth-order valence-electron chi connectivity index (χ4n) is 0.268. The summed E-state index contributed by atoms with van der Waals surface area (Å²) in [6, 6.07) is 0. The first kappa shape index (κ1) is 10.2. The van der Waals surface area contributed by atoms with E-state index in [2.05, 4.69) is 4.74 Å². The molecule has 0 saturated carbocycles. The third-order valence-corrected chi connectivity index (χ3v) is 0.793. The van der Waals surface area contributed by atoms with E-state index in [1.807, 2.05) is 0 Å². The Bertz CT molecular complexity index is 145. The Morgan fingerprint density at radius 1 is 1.55 bits per heavy atom. The second-order valence-electron chi connectivity index (χ2n) is 1.69. The summed E-state index contributed by atoms with van der Waals surface area (Å²) in [6.45, 7) is 1.23. The van der Waals surface area contributed by atoms with Crippen molar-refractivity contribution in [1.82, 2.24) is 0 Å². The third kappa shape index (κ3) is 3.20. The molecule has 0 N–H and O–H groups in total. The average molecular weight is 174 g/mol. The van der Waals surface area contributed by atoms with E-state index in [1.165, 1.54) is 6.92 Å². The lowest BCUT2D eigenvalue weighted by molar-refractivity contribution is -0.285. The lowest BCUT2D eigenvalue weighted by atomic mass is 10.5. The van der Waals surface area contributed by atoms with Gasteiger partial charge < -0.3 is 4.74 Å². The van der Waals surface area contributed by atoms with E-state index in [1.54, 1.807) is 0 Å². The summed E-state index contributed by atoms with van der Waals surface area (Å²) >= 11 is 0. The van der Waals surface area contributed by atoms with E-state index in [0.29, 0.717) is 0 Å². The first-order valence-corrected chi connectivity index (χ1v) is 2.78. The van der Waals surface area contributed by atoms with Crippen molar-refractivity contribution in [3.63, 3.8) is 0 Å². The predicted molar refractivity (Wildman–Crippen MR) is 27.3 cm³/mol. The van der Waals surface area contributed by atoms with Crippen LogP contribution in [0.4, 0.5) is 17.6 Å². The molecule has 0 spiro atoms. The topological polar surface area (TPSA) is 26.3 Å². The summed E-state index contributed by atoms with van der Waals surface area (Å²) in [5.41, 5.74) is 0. The maximum Gasteiger partial charge on any atom is 0.463 e. The van der Waals surface area contributed by atoms with Gasteiger partial charge in [-0.3, -0.25) is 4.79 Å². The molecule has 0 radical (unpaired) electrons. The lowest BCUT2D eigenvalue weighted by Gasteiger charge is -2.14. The number of hydrogen-bond acceptors (Lipinski definition) is 2. The Labute approximate surface area is 60.1 Å². The summed E-state index contributed by atoms with van der Waals surface area (Å²) in [7, 11) is 0. The van der Waals surface area contributed by atoms with Crippen LogP contribution in [0.15, 0.2) is 0 Å². The highest BCUT2D eigenvalue weighted by Crippen LogP contribution is 2.24. The van der Waals surface area contributed by atoms with Gasteiger partial charge in [-0.15, -0.1) is 0 Å². The SMILES string of the molecule is CCC(=O)OC(F)(F)C(F)F. The fraction of sp³-hybridized carbons (Fsp3) is 0.800. The molecule has 0 saturated heterocycles. The van der Waals surface area contributed by atoms with Crippen molar-refractivity contribution in [2.24, 2.45) is 0 Å². The molecule has 11 heavy (non-hydrogen) atoms. The van der Waals surface area contributed by atoms with Gasteiger partial charge in [0.15, 0.2) is 0 Å². The van der Waals surface area contributed by atoms with Crippen molar-refractivity contribution >= 4 is 5.97 Å². The van der Waals surface area contributed by atoms with Crippen molar-refractivity contribution in [2.45, 2.75) is 25.9 Å². The van der Waals surface area contributed by atoms with Crippen LogP contribution in [0.3, 0.4) is 0 Å². The van der Waals surface area contributed by atoms with E-state index >= 15 is 0 Å². The largest absolute Gasteiger partial charge is 0.463 e. The van der Waals surface area contributed by atoms with Crippen LogP contribution in [-0.4, -0.2) is 18.5 Å². The number of esters is 1. The normalized spacial score (nSPS) is 11.8. The molecule has 66 valence electrons. The Morgan fingerprint density at radius 3 is 2.27 bits per heavy atom. The molecule has 0 atom stereocenters. The molecule has 0 aromatic rings. The van der Waals surface area contributed by atoms with Gasteiger partial charge in [0.25, 0.3) is 0 Å². The van der Waals surface area contributed by atoms with Gasteiger partial charge in [0, 0.05) is 6.42 Å². The van der Waals surface area contributed by atoms with E-state index in [0.717, 1.165) is 0 Å².